The van der Waals surface area contributed by atoms with E-state index in [-0.39, 0.29) is 24.1 Å². The summed E-state index contributed by atoms with van der Waals surface area (Å²) in [5.74, 6) is -2.76. The van der Waals surface area contributed by atoms with Crippen LogP contribution in [0.5, 0.6) is 0 Å². The van der Waals surface area contributed by atoms with Gasteiger partial charge in [-0.3, -0.25) is 14.5 Å². The van der Waals surface area contributed by atoms with E-state index in [1.807, 2.05) is 18.2 Å². The van der Waals surface area contributed by atoms with Gasteiger partial charge in [-0.2, -0.15) is 0 Å². The average molecular weight is 403 g/mol. The summed E-state index contributed by atoms with van der Waals surface area (Å²) in [5.41, 5.74) is 1.01. The molecule has 2 N–H and O–H groups in total. The lowest BCUT2D eigenvalue weighted by molar-refractivity contribution is -0.120. The smallest absolute Gasteiger partial charge is 0.251 e. The second kappa shape index (κ2) is 11.3. The van der Waals surface area contributed by atoms with Crippen LogP contribution in [0.4, 0.5) is 8.78 Å². The average Bonchev–Trinajstić information content (AvgIpc) is 2.71. The summed E-state index contributed by atoms with van der Waals surface area (Å²) < 4.78 is 26.4. The number of nitrogens with one attached hydrogen (secondary N) is 2. The molecule has 0 saturated heterocycles. The highest BCUT2D eigenvalue weighted by Crippen LogP contribution is 2.09. The first-order chi connectivity index (χ1) is 13.9. The first kappa shape index (κ1) is 22.5. The zero-order valence-electron chi connectivity index (χ0n) is 16.8. The van der Waals surface area contributed by atoms with Crippen molar-refractivity contribution in [2.45, 2.75) is 26.3 Å². The first-order valence-electron chi connectivity index (χ1n) is 9.71. The molecule has 0 bridgehead atoms. The molecular formula is C22H27F2N3O2. The van der Waals surface area contributed by atoms with Gasteiger partial charge in [0, 0.05) is 24.2 Å². The lowest BCUT2D eigenvalue weighted by Gasteiger charge is -2.30. The summed E-state index contributed by atoms with van der Waals surface area (Å²) in [6.07, 6.45) is 0.789. The van der Waals surface area contributed by atoms with E-state index in [1.54, 1.807) is 0 Å². The van der Waals surface area contributed by atoms with Crippen molar-refractivity contribution in [3.8, 4) is 0 Å². The lowest BCUT2D eigenvalue weighted by atomic mass is 10.0. The lowest BCUT2D eigenvalue weighted by Crippen LogP contribution is -2.47. The minimum atomic E-state index is -0.845. The number of likely N-dealkylation sites (N-methyl/N-ethyl adjacent to an activating group) is 1. The Morgan fingerprint density at radius 3 is 2.17 bits per heavy atom. The second-order valence-corrected chi connectivity index (χ2v) is 6.71. The van der Waals surface area contributed by atoms with Gasteiger partial charge >= 0.3 is 0 Å². The molecule has 0 radical (unpaired) electrons. The van der Waals surface area contributed by atoms with Crippen LogP contribution >= 0.6 is 0 Å². The number of carbonyl (C=O) groups is 2. The van der Waals surface area contributed by atoms with Crippen molar-refractivity contribution in [3.63, 3.8) is 0 Å². The standard InChI is InChI=1S/C22H27F2N3O2/c1-3-27(4-2)20(10-16-8-6-5-7-9-16)14-25-21(28)15-26-22(29)17-11-18(23)13-19(24)12-17/h5-9,11-13,20H,3-4,10,14-15H2,1-2H3,(H,25,28)(H,26,29). The Morgan fingerprint density at radius 1 is 0.966 bits per heavy atom. The molecule has 0 aliphatic heterocycles. The van der Waals surface area contributed by atoms with Crippen LogP contribution in [0.1, 0.15) is 29.8 Å². The highest BCUT2D eigenvalue weighted by Gasteiger charge is 2.18. The van der Waals surface area contributed by atoms with Gasteiger partial charge in [0.2, 0.25) is 5.91 Å². The van der Waals surface area contributed by atoms with Crippen LogP contribution in [0.2, 0.25) is 0 Å². The van der Waals surface area contributed by atoms with E-state index < -0.39 is 17.5 Å². The van der Waals surface area contributed by atoms with Crippen molar-refractivity contribution < 1.29 is 18.4 Å². The number of hydrogen-bond acceptors (Lipinski definition) is 3. The molecule has 0 aliphatic carbocycles. The maximum atomic E-state index is 13.2. The van der Waals surface area contributed by atoms with Crippen molar-refractivity contribution in [1.82, 2.24) is 15.5 Å². The Bertz CT molecular complexity index is 791. The van der Waals surface area contributed by atoms with Gasteiger partial charge in [0.1, 0.15) is 11.6 Å². The largest absolute Gasteiger partial charge is 0.353 e. The third-order valence-corrected chi connectivity index (χ3v) is 4.71. The fraction of sp³-hybridized carbons (Fsp3) is 0.364. The Balaban J connectivity index is 1.89. The summed E-state index contributed by atoms with van der Waals surface area (Å²) in [5, 5.41) is 5.22. The molecule has 156 valence electrons. The maximum absolute atomic E-state index is 13.2. The molecule has 0 aliphatic rings. The van der Waals surface area contributed by atoms with Crippen molar-refractivity contribution in [2.75, 3.05) is 26.2 Å². The third kappa shape index (κ3) is 7.27. The van der Waals surface area contributed by atoms with Gasteiger partial charge in [0.05, 0.1) is 6.54 Å². The highest BCUT2D eigenvalue weighted by atomic mass is 19.1. The Labute approximate surface area is 170 Å². The molecule has 0 spiro atoms. The van der Waals surface area contributed by atoms with Crippen LogP contribution in [0.25, 0.3) is 0 Å². The van der Waals surface area contributed by atoms with Gasteiger partial charge in [-0.15, -0.1) is 0 Å². The Hall–Kier alpha value is -2.80. The predicted octanol–water partition coefficient (Wildman–Crippen LogP) is 2.76. The molecule has 2 rings (SSSR count). The van der Waals surface area contributed by atoms with Gasteiger partial charge in [0.15, 0.2) is 0 Å². The normalized spacial score (nSPS) is 11.9. The monoisotopic (exact) mass is 403 g/mol. The Kier molecular flexibility index (Phi) is 8.73. The predicted molar refractivity (Wildman–Crippen MR) is 109 cm³/mol. The molecule has 29 heavy (non-hydrogen) atoms. The molecule has 0 fully saturated rings. The third-order valence-electron chi connectivity index (χ3n) is 4.71. The fourth-order valence-corrected chi connectivity index (χ4v) is 3.20. The molecule has 0 aromatic heterocycles. The molecule has 2 aromatic rings. The number of carbonyl (C=O) groups excluding carboxylic acids is 2. The fourth-order valence-electron chi connectivity index (χ4n) is 3.20. The molecule has 5 nitrogen and oxygen atoms in total. The number of hydrogen-bond donors (Lipinski definition) is 2. The zero-order chi connectivity index (χ0) is 21.2. The van der Waals surface area contributed by atoms with E-state index in [9.17, 15) is 18.4 Å². The van der Waals surface area contributed by atoms with Gasteiger partial charge < -0.3 is 10.6 Å². The molecule has 1 atom stereocenters. The van der Waals surface area contributed by atoms with E-state index in [4.69, 9.17) is 0 Å². The van der Waals surface area contributed by atoms with E-state index in [0.29, 0.717) is 12.6 Å². The van der Waals surface area contributed by atoms with E-state index in [0.717, 1.165) is 31.6 Å². The van der Waals surface area contributed by atoms with Crippen molar-refractivity contribution >= 4 is 11.8 Å². The van der Waals surface area contributed by atoms with Gasteiger partial charge in [0.25, 0.3) is 5.91 Å². The first-order valence-corrected chi connectivity index (χ1v) is 9.71. The van der Waals surface area contributed by atoms with Crippen LogP contribution < -0.4 is 10.6 Å². The summed E-state index contributed by atoms with van der Waals surface area (Å²) in [4.78, 5) is 26.4. The molecule has 7 heteroatoms. The van der Waals surface area contributed by atoms with Crippen LogP contribution in [0, 0.1) is 11.6 Å². The summed E-state index contributed by atoms with van der Waals surface area (Å²) >= 11 is 0. The van der Waals surface area contributed by atoms with Crippen LogP contribution in [0.15, 0.2) is 48.5 Å². The highest BCUT2D eigenvalue weighted by molar-refractivity contribution is 5.96. The molecule has 0 saturated carbocycles. The molecule has 2 amide bonds. The number of amides is 2. The number of nitrogens with zero attached hydrogens (tertiary/aromatic N) is 1. The van der Waals surface area contributed by atoms with Gasteiger partial charge in [-0.05, 0) is 37.2 Å². The molecule has 0 heterocycles. The summed E-state index contributed by atoms with van der Waals surface area (Å²) in [6.45, 7) is 6.01. The van der Waals surface area contributed by atoms with Crippen LogP contribution in [-0.4, -0.2) is 48.9 Å². The molecule has 1 unspecified atom stereocenters. The van der Waals surface area contributed by atoms with E-state index in [1.165, 1.54) is 5.56 Å². The molecule has 2 aromatic carbocycles. The van der Waals surface area contributed by atoms with Crippen LogP contribution in [-0.2, 0) is 11.2 Å². The minimum Gasteiger partial charge on any atom is -0.353 e. The maximum Gasteiger partial charge on any atom is 0.251 e. The summed E-state index contributed by atoms with van der Waals surface area (Å²) in [7, 11) is 0. The zero-order valence-corrected chi connectivity index (χ0v) is 16.8. The quantitative estimate of drug-likeness (QED) is 0.641. The van der Waals surface area contributed by atoms with E-state index >= 15 is 0 Å². The van der Waals surface area contributed by atoms with Gasteiger partial charge in [-0.25, -0.2) is 8.78 Å². The van der Waals surface area contributed by atoms with Crippen molar-refractivity contribution in [3.05, 3.63) is 71.3 Å². The van der Waals surface area contributed by atoms with Crippen molar-refractivity contribution in [2.24, 2.45) is 0 Å². The second-order valence-electron chi connectivity index (χ2n) is 6.71. The van der Waals surface area contributed by atoms with E-state index in [2.05, 4.69) is 41.5 Å². The number of rotatable bonds is 10. The number of benzene rings is 2. The van der Waals surface area contributed by atoms with Crippen molar-refractivity contribution in [1.29, 1.82) is 0 Å². The van der Waals surface area contributed by atoms with Crippen LogP contribution in [0.3, 0.4) is 0 Å². The Morgan fingerprint density at radius 2 is 1.59 bits per heavy atom. The summed E-state index contributed by atoms with van der Waals surface area (Å²) in [6, 6.07) is 12.7. The minimum absolute atomic E-state index is 0.115. The topological polar surface area (TPSA) is 61.4 Å². The molecular weight excluding hydrogens is 376 g/mol. The van der Waals surface area contributed by atoms with Gasteiger partial charge in [-0.1, -0.05) is 44.2 Å². The SMILES string of the molecule is CCN(CC)C(CNC(=O)CNC(=O)c1cc(F)cc(F)c1)Cc1ccccc1. The number of halogens is 2.